The molecule has 2 rings (SSSR count). The third kappa shape index (κ3) is 6.75. The van der Waals surface area contributed by atoms with Crippen LogP contribution in [0, 0.1) is 0 Å². The Hall–Kier alpha value is -2.86. The molecule has 2 amide bonds. The van der Waals surface area contributed by atoms with Crippen molar-refractivity contribution in [3.63, 3.8) is 0 Å². The molecular weight excluding hydrogens is 342 g/mol. The lowest BCUT2D eigenvalue weighted by Crippen LogP contribution is -2.38. The zero-order chi connectivity index (χ0) is 19.6. The summed E-state index contributed by atoms with van der Waals surface area (Å²) in [5.41, 5.74) is 2.60. The first-order valence-corrected chi connectivity index (χ1v) is 9.09. The Kier molecular flexibility index (Phi) is 7.82. The van der Waals surface area contributed by atoms with Gasteiger partial charge in [0.1, 0.15) is 5.75 Å². The van der Waals surface area contributed by atoms with Crippen molar-refractivity contribution in [1.29, 1.82) is 0 Å². The average Bonchev–Trinajstić information content (AvgIpc) is 2.67. The van der Waals surface area contributed by atoms with Crippen LogP contribution >= 0.6 is 0 Å². The molecule has 0 saturated carbocycles. The first-order chi connectivity index (χ1) is 13.0. The van der Waals surface area contributed by atoms with Gasteiger partial charge in [0.25, 0.3) is 0 Å². The highest BCUT2D eigenvalue weighted by atomic mass is 16.5. The Morgan fingerprint density at radius 2 is 1.52 bits per heavy atom. The number of carbonyl (C=O) groups excluding carboxylic acids is 2. The minimum absolute atomic E-state index is 0.135. The molecule has 0 bridgehead atoms. The number of nitrogens with zero attached hydrogens (tertiary/aromatic N) is 1. The van der Waals surface area contributed by atoms with Crippen LogP contribution < -0.4 is 15.4 Å². The van der Waals surface area contributed by atoms with Gasteiger partial charge in [0, 0.05) is 17.4 Å². The number of amides is 2. The zero-order valence-electron chi connectivity index (χ0n) is 16.1. The number of aryl methyl sites for hydroxylation is 1. The van der Waals surface area contributed by atoms with Crippen LogP contribution in [0.2, 0.25) is 0 Å². The predicted octanol–water partition coefficient (Wildman–Crippen LogP) is 3.16. The minimum Gasteiger partial charge on any atom is -0.497 e. The molecule has 0 aliphatic carbocycles. The number of likely N-dealkylation sites (N-methyl/N-ethyl adjacent to an activating group) is 1. The van der Waals surface area contributed by atoms with Crippen molar-refractivity contribution in [2.75, 3.05) is 37.4 Å². The number of benzene rings is 2. The summed E-state index contributed by atoms with van der Waals surface area (Å²) in [4.78, 5) is 26.4. The van der Waals surface area contributed by atoms with Gasteiger partial charge in [-0.2, -0.15) is 0 Å². The van der Waals surface area contributed by atoms with E-state index in [1.165, 1.54) is 0 Å². The monoisotopic (exact) mass is 369 g/mol. The smallest absolute Gasteiger partial charge is 0.238 e. The van der Waals surface area contributed by atoms with E-state index in [1.54, 1.807) is 24.1 Å². The van der Waals surface area contributed by atoms with Crippen molar-refractivity contribution in [1.82, 2.24) is 4.90 Å². The van der Waals surface area contributed by atoms with E-state index in [0.717, 1.165) is 17.7 Å². The molecule has 0 radical (unpaired) electrons. The number of ether oxygens (including phenoxy) is 1. The lowest BCUT2D eigenvalue weighted by Gasteiger charge is -2.19. The Bertz CT molecular complexity index is 713. The minimum atomic E-state index is -0.175. The molecule has 2 aromatic rings. The molecule has 144 valence electrons. The van der Waals surface area contributed by atoms with Gasteiger partial charge < -0.3 is 15.4 Å². The van der Waals surface area contributed by atoms with Gasteiger partial charge in [-0.15, -0.1) is 0 Å². The van der Waals surface area contributed by atoms with E-state index in [0.29, 0.717) is 18.0 Å². The summed E-state index contributed by atoms with van der Waals surface area (Å²) >= 11 is 0. The molecule has 6 heteroatoms. The second-order valence-corrected chi connectivity index (χ2v) is 6.19. The number of carbonyl (C=O) groups is 2. The van der Waals surface area contributed by atoms with Crippen molar-refractivity contribution in [2.45, 2.75) is 20.3 Å². The second-order valence-electron chi connectivity index (χ2n) is 6.19. The maximum absolute atomic E-state index is 12.3. The number of anilines is 2. The molecular formula is C21H27N3O3. The van der Waals surface area contributed by atoms with Crippen molar-refractivity contribution < 1.29 is 14.3 Å². The molecule has 0 aromatic heterocycles. The van der Waals surface area contributed by atoms with Gasteiger partial charge in [0.2, 0.25) is 11.8 Å². The third-order valence-electron chi connectivity index (χ3n) is 4.15. The van der Waals surface area contributed by atoms with Crippen molar-refractivity contribution in [3.8, 4) is 5.75 Å². The van der Waals surface area contributed by atoms with E-state index in [-0.39, 0.29) is 24.9 Å². The molecule has 0 saturated heterocycles. The van der Waals surface area contributed by atoms with E-state index in [9.17, 15) is 9.59 Å². The largest absolute Gasteiger partial charge is 0.497 e. The molecule has 0 atom stereocenters. The van der Waals surface area contributed by atoms with Gasteiger partial charge in [-0.05, 0) is 42.8 Å². The third-order valence-corrected chi connectivity index (χ3v) is 4.15. The van der Waals surface area contributed by atoms with Crippen LogP contribution in [-0.4, -0.2) is 43.5 Å². The molecule has 0 unspecified atom stereocenters. The highest BCUT2D eigenvalue weighted by molar-refractivity contribution is 5.94. The van der Waals surface area contributed by atoms with Crippen LogP contribution in [0.15, 0.2) is 48.5 Å². The van der Waals surface area contributed by atoms with Crippen LogP contribution in [0.1, 0.15) is 19.4 Å². The summed E-state index contributed by atoms with van der Waals surface area (Å²) in [6.45, 7) is 4.87. The fraction of sp³-hybridized carbons (Fsp3) is 0.333. The molecule has 2 N–H and O–H groups in total. The van der Waals surface area contributed by atoms with Gasteiger partial charge in [-0.3, -0.25) is 14.5 Å². The topological polar surface area (TPSA) is 70.7 Å². The first kappa shape index (κ1) is 20.5. The first-order valence-electron chi connectivity index (χ1n) is 9.09. The lowest BCUT2D eigenvalue weighted by molar-refractivity contribution is -0.119. The number of methoxy groups -OCH3 is 1. The summed E-state index contributed by atoms with van der Waals surface area (Å²) in [6, 6.07) is 14.9. The normalized spacial score (nSPS) is 10.5. The Balaban J connectivity index is 1.87. The summed E-state index contributed by atoms with van der Waals surface area (Å²) in [5.74, 6) is 0.360. The highest BCUT2D eigenvalue weighted by Gasteiger charge is 2.14. The molecule has 0 spiro atoms. The molecule has 0 aliphatic heterocycles. The molecule has 6 nitrogen and oxygen atoms in total. The van der Waals surface area contributed by atoms with Crippen LogP contribution in [-0.2, 0) is 16.0 Å². The summed E-state index contributed by atoms with van der Waals surface area (Å²) in [6.07, 6.45) is 0.912. The van der Waals surface area contributed by atoms with Crippen LogP contribution in [0.4, 0.5) is 11.4 Å². The standard InChI is InChI=1S/C21H27N3O3/c1-4-16-8-6-9-17(12-16)22-20(25)14-24(5-2)15-21(26)23-18-10-7-11-19(13-18)27-3/h6-13H,4-5,14-15H2,1-3H3,(H,22,25)(H,23,26). The van der Waals surface area contributed by atoms with Crippen molar-refractivity contribution in [3.05, 3.63) is 54.1 Å². The van der Waals surface area contributed by atoms with E-state index in [1.807, 2.05) is 43.3 Å². The Morgan fingerprint density at radius 3 is 2.07 bits per heavy atom. The van der Waals surface area contributed by atoms with Gasteiger partial charge in [-0.1, -0.05) is 32.0 Å². The number of rotatable bonds is 9. The summed E-state index contributed by atoms with van der Waals surface area (Å²) in [5, 5.41) is 5.72. The van der Waals surface area contributed by atoms with Crippen molar-refractivity contribution >= 4 is 23.2 Å². The predicted molar refractivity (Wildman–Crippen MR) is 108 cm³/mol. The molecule has 0 aliphatic rings. The Morgan fingerprint density at radius 1 is 0.926 bits per heavy atom. The highest BCUT2D eigenvalue weighted by Crippen LogP contribution is 2.16. The molecule has 0 fully saturated rings. The quantitative estimate of drug-likeness (QED) is 0.712. The fourth-order valence-electron chi connectivity index (χ4n) is 2.66. The molecule has 0 heterocycles. The maximum Gasteiger partial charge on any atom is 0.238 e. The lowest BCUT2D eigenvalue weighted by atomic mass is 10.1. The van der Waals surface area contributed by atoms with Crippen LogP contribution in [0.5, 0.6) is 5.75 Å². The zero-order valence-corrected chi connectivity index (χ0v) is 16.1. The van der Waals surface area contributed by atoms with Gasteiger partial charge in [0.05, 0.1) is 20.2 Å². The van der Waals surface area contributed by atoms with Gasteiger partial charge >= 0.3 is 0 Å². The number of nitrogens with one attached hydrogen (secondary N) is 2. The van der Waals surface area contributed by atoms with Crippen LogP contribution in [0.3, 0.4) is 0 Å². The molecule has 27 heavy (non-hydrogen) atoms. The van der Waals surface area contributed by atoms with E-state index in [2.05, 4.69) is 17.6 Å². The maximum atomic E-state index is 12.3. The summed E-state index contributed by atoms with van der Waals surface area (Å²) in [7, 11) is 1.58. The van der Waals surface area contributed by atoms with Gasteiger partial charge in [0.15, 0.2) is 0 Å². The fourth-order valence-corrected chi connectivity index (χ4v) is 2.66. The van der Waals surface area contributed by atoms with E-state index < -0.39 is 0 Å². The summed E-state index contributed by atoms with van der Waals surface area (Å²) < 4.78 is 5.15. The van der Waals surface area contributed by atoms with E-state index >= 15 is 0 Å². The molecule has 2 aromatic carbocycles. The van der Waals surface area contributed by atoms with E-state index in [4.69, 9.17) is 4.74 Å². The SMILES string of the molecule is CCc1cccc(NC(=O)CN(CC)CC(=O)Nc2cccc(OC)c2)c1. The van der Waals surface area contributed by atoms with Gasteiger partial charge in [-0.25, -0.2) is 0 Å². The Labute approximate surface area is 160 Å². The second kappa shape index (κ2) is 10.3. The average molecular weight is 369 g/mol. The number of hydrogen-bond acceptors (Lipinski definition) is 4. The van der Waals surface area contributed by atoms with Crippen molar-refractivity contribution in [2.24, 2.45) is 0 Å². The van der Waals surface area contributed by atoms with Crippen LogP contribution in [0.25, 0.3) is 0 Å². The number of hydrogen-bond donors (Lipinski definition) is 2.